The molecule has 0 bridgehead atoms. The molecule has 0 amide bonds. The highest BCUT2D eigenvalue weighted by Gasteiger charge is 2.40. The molecule has 0 N–H and O–H groups in total. The van der Waals surface area contributed by atoms with Gasteiger partial charge in [-0.05, 0) is 29.5 Å². The Bertz CT molecular complexity index is 736. The lowest BCUT2D eigenvalue weighted by Crippen LogP contribution is -2.24. The zero-order valence-electron chi connectivity index (χ0n) is 12.0. The molecule has 22 heavy (non-hydrogen) atoms. The minimum atomic E-state index is -6.11. The van der Waals surface area contributed by atoms with E-state index in [2.05, 4.69) is 0 Å². The molecule has 1 rings (SSSR count). The third kappa shape index (κ3) is 3.99. The predicted octanol–water partition coefficient (Wildman–Crippen LogP) is 3.29. The van der Waals surface area contributed by atoms with Gasteiger partial charge < -0.3 is 4.13 Å². The fraction of sp³-hybridized carbons (Fsp3) is 0.500. The van der Waals surface area contributed by atoms with Gasteiger partial charge in [-0.1, -0.05) is 32.9 Å². The lowest BCUT2D eigenvalue weighted by molar-refractivity contribution is -0.0425. The van der Waals surface area contributed by atoms with E-state index in [-0.39, 0.29) is 5.41 Å². The molecule has 0 aliphatic carbocycles. The Morgan fingerprint density at radius 1 is 1.00 bits per heavy atom. The molecule has 5 nitrogen and oxygen atoms in total. The highest BCUT2D eigenvalue weighted by atomic mass is 32.3. The normalized spacial score (nSPS) is 14.1. The third-order valence-corrected chi connectivity index (χ3v) is 6.33. The molecule has 1 aromatic carbocycles. The third-order valence-electron chi connectivity index (χ3n) is 3.31. The van der Waals surface area contributed by atoms with Crippen LogP contribution in [0.25, 0.3) is 4.13 Å². The molecule has 10 heteroatoms. The molecule has 0 saturated heterocycles. The van der Waals surface area contributed by atoms with Gasteiger partial charge >= 0.3 is 5.51 Å². The molecule has 1 aromatic rings. The summed E-state index contributed by atoms with van der Waals surface area (Å²) in [6.07, 6.45) is 0.756. The summed E-state index contributed by atoms with van der Waals surface area (Å²) >= 11 is 0. The van der Waals surface area contributed by atoms with E-state index in [1.807, 2.05) is 24.9 Å². The van der Waals surface area contributed by atoms with Crippen molar-refractivity contribution in [3.63, 3.8) is 0 Å². The van der Waals surface area contributed by atoms with Gasteiger partial charge in [0.1, 0.15) is 10.0 Å². The van der Waals surface area contributed by atoms with Gasteiger partial charge in [-0.15, -0.1) is 0 Å². The second-order valence-corrected chi connectivity index (χ2v) is 8.66. The monoisotopic (exact) mass is 358 g/mol. The number of alkyl halides is 3. The second kappa shape index (κ2) is 5.82. The predicted molar refractivity (Wildman–Crippen MR) is 75.3 cm³/mol. The minimum absolute atomic E-state index is 0.252. The largest absolute Gasteiger partial charge is 0.480 e. The van der Waals surface area contributed by atoms with Gasteiger partial charge in [0.25, 0.3) is 0 Å². The number of hydrogen-bond acceptors (Lipinski definition) is 4. The molecule has 0 atom stereocenters. The lowest BCUT2D eigenvalue weighted by atomic mass is 9.82. The fourth-order valence-electron chi connectivity index (χ4n) is 1.50. The van der Waals surface area contributed by atoms with Crippen molar-refractivity contribution in [2.24, 2.45) is 0 Å². The molecule has 0 unspecified atom stereocenters. The van der Waals surface area contributed by atoms with E-state index < -0.39 is 30.5 Å². The Balaban J connectivity index is 3.16. The summed E-state index contributed by atoms with van der Waals surface area (Å²) in [5.41, 5.74) is -5.24. The van der Waals surface area contributed by atoms with Crippen molar-refractivity contribution in [3.8, 4) is 0 Å². The van der Waals surface area contributed by atoms with Crippen molar-refractivity contribution in [3.05, 3.63) is 34.0 Å². The molecule has 0 spiro atoms. The summed E-state index contributed by atoms with van der Waals surface area (Å²) < 4.78 is 83.7. The summed E-state index contributed by atoms with van der Waals surface area (Å²) in [5.74, 6) is 0. The van der Waals surface area contributed by atoms with Gasteiger partial charge in [-0.2, -0.15) is 13.2 Å². The van der Waals surface area contributed by atoms with Gasteiger partial charge in [-0.3, -0.25) is 0 Å². The molecule has 0 radical (unpaired) electrons. The topological polar surface area (TPSA) is 82.4 Å². The van der Waals surface area contributed by atoms with Gasteiger partial charge in [0, 0.05) is 4.90 Å². The van der Waals surface area contributed by atoms with E-state index in [4.69, 9.17) is 0 Å². The fourth-order valence-corrected chi connectivity index (χ4v) is 3.69. The van der Waals surface area contributed by atoms with Crippen LogP contribution in [0, 0.1) is 0 Å². The number of halogens is 3. The lowest BCUT2D eigenvalue weighted by Gasteiger charge is -2.25. The van der Waals surface area contributed by atoms with Crippen LogP contribution in [0.5, 0.6) is 0 Å². The van der Waals surface area contributed by atoms with Crippen molar-refractivity contribution < 1.29 is 30.0 Å². The SMILES string of the molecule is CCC(C)(C)c1ccc(S(=O)(=O)[N-]S(=O)(=O)C(F)(F)F)cc1. The van der Waals surface area contributed by atoms with Crippen LogP contribution >= 0.6 is 0 Å². The summed E-state index contributed by atoms with van der Waals surface area (Å²) in [5, 5.41) is 0. The smallest absolute Gasteiger partial charge is 0.424 e. The van der Waals surface area contributed by atoms with Crippen molar-refractivity contribution in [2.45, 2.75) is 43.0 Å². The summed E-state index contributed by atoms with van der Waals surface area (Å²) in [6.45, 7) is 5.75. The molecule has 0 heterocycles. The average Bonchev–Trinajstić information content (AvgIpc) is 2.36. The molecular formula is C12H15F3NO4S2-. The molecule has 0 aromatic heterocycles. The van der Waals surface area contributed by atoms with Gasteiger partial charge in [-0.25, -0.2) is 16.8 Å². The van der Waals surface area contributed by atoms with Crippen LogP contribution in [-0.4, -0.2) is 22.3 Å². The summed E-state index contributed by atoms with van der Waals surface area (Å²) in [4.78, 5) is -0.615. The van der Waals surface area contributed by atoms with E-state index in [9.17, 15) is 30.0 Å². The maximum atomic E-state index is 12.2. The number of sulfonamides is 2. The van der Waals surface area contributed by atoms with Gasteiger partial charge in [0.2, 0.25) is 0 Å². The quantitative estimate of drug-likeness (QED) is 0.809. The van der Waals surface area contributed by atoms with Crippen molar-refractivity contribution in [1.82, 2.24) is 0 Å². The minimum Gasteiger partial charge on any atom is -0.424 e. The Hall–Kier alpha value is -1.13. The van der Waals surface area contributed by atoms with E-state index in [1.165, 1.54) is 12.1 Å². The van der Waals surface area contributed by atoms with Crippen molar-refractivity contribution in [1.29, 1.82) is 0 Å². The highest BCUT2D eigenvalue weighted by Crippen LogP contribution is 2.33. The molecule has 0 saturated carbocycles. The zero-order valence-corrected chi connectivity index (χ0v) is 13.7. The number of rotatable bonds is 5. The van der Waals surface area contributed by atoms with E-state index in [0.717, 1.165) is 24.1 Å². The first kappa shape index (κ1) is 18.9. The van der Waals surface area contributed by atoms with Crippen LogP contribution < -0.4 is 0 Å². The van der Waals surface area contributed by atoms with Crippen LogP contribution in [0.15, 0.2) is 29.2 Å². The number of nitrogens with zero attached hydrogens (tertiary/aromatic N) is 1. The van der Waals surface area contributed by atoms with Crippen LogP contribution in [0.1, 0.15) is 32.8 Å². The Morgan fingerprint density at radius 3 is 1.82 bits per heavy atom. The highest BCUT2D eigenvalue weighted by molar-refractivity contribution is 8.12. The maximum Gasteiger partial charge on any atom is 0.480 e. The van der Waals surface area contributed by atoms with Crippen LogP contribution in [0.2, 0.25) is 0 Å². The van der Waals surface area contributed by atoms with Crippen molar-refractivity contribution >= 4 is 20.0 Å². The standard InChI is InChI=1S/C12H15F3NO4S2/c1-4-11(2,3)9-5-7-10(8-6-9)21(17,18)16-22(19,20)12(13,14)15/h5-8H,4H2,1-3H3/q-1. The summed E-state index contributed by atoms with van der Waals surface area (Å²) in [6, 6.07) is 4.92. The van der Waals surface area contributed by atoms with Gasteiger partial charge in [0.15, 0.2) is 10.0 Å². The average molecular weight is 358 g/mol. The van der Waals surface area contributed by atoms with Crippen LogP contribution in [-0.2, 0) is 25.5 Å². The molecule has 0 fully saturated rings. The van der Waals surface area contributed by atoms with Crippen LogP contribution in [0.4, 0.5) is 13.2 Å². The van der Waals surface area contributed by atoms with E-state index in [0.29, 0.717) is 0 Å². The Morgan fingerprint density at radius 2 is 1.45 bits per heavy atom. The summed E-state index contributed by atoms with van der Waals surface area (Å²) in [7, 11) is -11.1. The molecule has 0 aliphatic rings. The molecule has 126 valence electrons. The molecular weight excluding hydrogens is 343 g/mol. The van der Waals surface area contributed by atoms with Crippen LogP contribution in [0.3, 0.4) is 0 Å². The van der Waals surface area contributed by atoms with Crippen molar-refractivity contribution in [2.75, 3.05) is 0 Å². The first-order valence-electron chi connectivity index (χ1n) is 6.14. The second-order valence-electron chi connectivity index (χ2n) is 5.23. The van der Waals surface area contributed by atoms with E-state index >= 15 is 0 Å². The van der Waals surface area contributed by atoms with E-state index in [1.54, 1.807) is 0 Å². The zero-order chi connectivity index (χ0) is 17.4. The van der Waals surface area contributed by atoms with Gasteiger partial charge in [0.05, 0.1) is 0 Å². The Labute approximate surface area is 127 Å². The first-order valence-corrected chi connectivity index (χ1v) is 9.02. The number of benzene rings is 1. The maximum absolute atomic E-state index is 12.2. The number of hydrogen-bond donors (Lipinski definition) is 0. The molecule has 0 aliphatic heterocycles. The first-order chi connectivity index (χ1) is 9.73. The Kier molecular flexibility index (Phi) is 5.00.